The molecule has 6 nitrogen and oxygen atoms in total. The van der Waals surface area contributed by atoms with Gasteiger partial charge < -0.3 is 24.4 Å². The largest absolute Gasteiger partial charge is 0.507 e. The summed E-state index contributed by atoms with van der Waals surface area (Å²) in [7, 11) is 3.12. The summed E-state index contributed by atoms with van der Waals surface area (Å²) in [6.45, 7) is 2.41. The van der Waals surface area contributed by atoms with Crippen molar-refractivity contribution in [1.82, 2.24) is 0 Å². The maximum absolute atomic E-state index is 11.2. The summed E-state index contributed by atoms with van der Waals surface area (Å²) in [6.07, 6.45) is 4.47. The van der Waals surface area contributed by atoms with Crippen molar-refractivity contribution in [3.8, 4) is 23.0 Å². The lowest BCUT2D eigenvalue weighted by Gasteiger charge is -2.16. The Kier molecular flexibility index (Phi) is 9.59. The summed E-state index contributed by atoms with van der Waals surface area (Å²) in [5.74, 6) is 0.278. The van der Waals surface area contributed by atoms with Crippen LogP contribution in [0.1, 0.15) is 54.1 Å². The minimum atomic E-state index is -1.16. The van der Waals surface area contributed by atoms with E-state index >= 15 is 0 Å². The molecule has 2 N–H and O–H groups in total. The van der Waals surface area contributed by atoms with Crippen LogP contribution in [0.3, 0.4) is 0 Å². The van der Waals surface area contributed by atoms with E-state index in [0.717, 1.165) is 31.2 Å². The summed E-state index contributed by atoms with van der Waals surface area (Å²) in [5.41, 5.74) is 1.23. The molecule has 0 aliphatic carbocycles. The number of carboxylic acid groups (broad SMARTS) is 1. The second-order valence-electron chi connectivity index (χ2n) is 7.04. The summed E-state index contributed by atoms with van der Waals surface area (Å²) in [4.78, 5) is 11.2. The predicted octanol–water partition coefficient (Wildman–Crippen LogP) is 6.16. The Hall–Kier alpha value is -2.31. The molecular weight excluding hydrogens is 443 g/mol. The van der Waals surface area contributed by atoms with Gasteiger partial charge in [0.25, 0.3) is 0 Å². The number of carboxylic acids is 1. The lowest BCUT2D eigenvalue weighted by molar-refractivity contribution is 0.0693. The first kappa shape index (κ1) is 25.0. The summed E-state index contributed by atoms with van der Waals surface area (Å²) in [6, 6.07) is 4.61. The number of aromatic hydroxyl groups is 1. The summed E-state index contributed by atoms with van der Waals surface area (Å²) >= 11 is 12.6. The number of aromatic carboxylic acids is 1. The van der Waals surface area contributed by atoms with Crippen molar-refractivity contribution in [2.24, 2.45) is 0 Å². The van der Waals surface area contributed by atoms with Gasteiger partial charge in [-0.2, -0.15) is 0 Å². The number of methoxy groups -OCH3 is 2. The molecule has 0 radical (unpaired) electrons. The second kappa shape index (κ2) is 11.9. The molecule has 2 rings (SSSR count). The number of hydrogen-bond acceptors (Lipinski definition) is 5. The van der Waals surface area contributed by atoms with Gasteiger partial charge >= 0.3 is 5.97 Å². The van der Waals surface area contributed by atoms with Gasteiger partial charge in [-0.25, -0.2) is 4.79 Å². The molecule has 0 bridgehead atoms. The van der Waals surface area contributed by atoms with Crippen LogP contribution in [0.2, 0.25) is 10.0 Å². The highest BCUT2D eigenvalue weighted by molar-refractivity contribution is 6.42. The van der Waals surface area contributed by atoms with Crippen molar-refractivity contribution in [2.45, 2.75) is 45.4 Å². The van der Waals surface area contributed by atoms with Crippen LogP contribution in [0.25, 0.3) is 0 Å². The van der Waals surface area contributed by atoms with E-state index in [4.69, 9.17) is 37.4 Å². The van der Waals surface area contributed by atoms with Crippen LogP contribution >= 0.6 is 23.2 Å². The highest BCUT2D eigenvalue weighted by Crippen LogP contribution is 2.41. The van der Waals surface area contributed by atoms with E-state index in [1.54, 1.807) is 26.4 Å². The number of ether oxygens (including phenoxy) is 3. The van der Waals surface area contributed by atoms with Crippen LogP contribution in [0.15, 0.2) is 18.2 Å². The van der Waals surface area contributed by atoms with Crippen LogP contribution in [0.5, 0.6) is 23.0 Å². The fraction of sp³-hybridized carbons (Fsp3) is 0.435. The number of halogens is 2. The third-order valence-electron chi connectivity index (χ3n) is 4.95. The van der Waals surface area contributed by atoms with Gasteiger partial charge in [0.15, 0.2) is 11.5 Å². The molecule has 0 saturated heterocycles. The predicted molar refractivity (Wildman–Crippen MR) is 122 cm³/mol. The van der Waals surface area contributed by atoms with E-state index in [1.165, 1.54) is 6.07 Å². The average molecular weight is 471 g/mol. The topological polar surface area (TPSA) is 85.2 Å². The molecule has 2 aromatic carbocycles. The third kappa shape index (κ3) is 6.11. The molecule has 0 amide bonds. The van der Waals surface area contributed by atoms with E-state index in [0.29, 0.717) is 52.3 Å². The molecule has 0 aliphatic rings. The number of unbranched alkanes of at least 4 members (excludes halogenated alkanes) is 2. The lowest BCUT2D eigenvalue weighted by atomic mass is 10.0. The van der Waals surface area contributed by atoms with E-state index in [-0.39, 0.29) is 11.3 Å². The fourth-order valence-electron chi connectivity index (χ4n) is 3.42. The van der Waals surface area contributed by atoms with Crippen LogP contribution in [0, 0.1) is 0 Å². The van der Waals surface area contributed by atoms with Gasteiger partial charge in [0.1, 0.15) is 17.1 Å². The summed E-state index contributed by atoms with van der Waals surface area (Å²) in [5, 5.41) is 20.3. The molecule has 0 aliphatic heterocycles. The Balaban J connectivity index is 1.95. The third-order valence-corrected chi connectivity index (χ3v) is 5.78. The maximum Gasteiger partial charge on any atom is 0.339 e. The number of carbonyl (C=O) groups is 1. The number of benzene rings is 2. The molecule has 0 heterocycles. The molecule has 0 saturated carbocycles. The summed E-state index contributed by atoms with van der Waals surface area (Å²) < 4.78 is 16.6. The highest BCUT2D eigenvalue weighted by Gasteiger charge is 2.18. The van der Waals surface area contributed by atoms with E-state index < -0.39 is 5.97 Å². The molecule has 2 aromatic rings. The van der Waals surface area contributed by atoms with Gasteiger partial charge in [0.2, 0.25) is 0 Å². The SMILES string of the molecule is CCCc1c(OCCCCCc2c(Cl)c(Cl)cc(OC)c2OC)ccc(C(=O)O)c1O. The van der Waals surface area contributed by atoms with Gasteiger partial charge in [-0.1, -0.05) is 36.5 Å². The van der Waals surface area contributed by atoms with Crippen LogP contribution < -0.4 is 14.2 Å². The Morgan fingerprint density at radius 3 is 2.35 bits per heavy atom. The molecule has 0 fully saturated rings. The molecule has 0 unspecified atom stereocenters. The van der Waals surface area contributed by atoms with Crippen molar-refractivity contribution < 1.29 is 29.2 Å². The zero-order chi connectivity index (χ0) is 23.0. The van der Waals surface area contributed by atoms with Crippen molar-refractivity contribution in [2.75, 3.05) is 20.8 Å². The fourth-order valence-corrected chi connectivity index (χ4v) is 3.86. The normalized spacial score (nSPS) is 10.7. The highest BCUT2D eigenvalue weighted by atomic mass is 35.5. The molecule has 0 atom stereocenters. The minimum absolute atomic E-state index is 0.112. The molecule has 8 heteroatoms. The van der Waals surface area contributed by atoms with Gasteiger partial charge in [-0.3, -0.25) is 0 Å². The van der Waals surface area contributed by atoms with Gasteiger partial charge in [-0.05, 0) is 44.2 Å². The Morgan fingerprint density at radius 2 is 1.74 bits per heavy atom. The molecular formula is C23H28Cl2O6. The van der Waals surface area contributed by atoms with E-state index in [9.17, 15) is 15.0 Å². The van der Waals surface area contributed by atoms with Crippen molar-refractivity contribution in [3.05, 3.63) is 44.9 Å². The van der Waals surface area contributed by atoms with Crippen LogP contribution in [-0.4, -0.2) is 37.0 Å². The molecule has 170 valence electrons. The Bertz CT molecular complexity index is 914. The standard InChI is InChI=1S/C23H28Cl2O6/c1-4-8-14-18(11-10-16(21(14)26)23(27)28)31-12-7-5-6-9-15-20(25)17(24)13-19(29-2)22(15)30-3/h10-11,13,26H,4-9,12H2,1-3H3,(H,27,28). The number of rotatable bonds is 12. The lowest BCUT2D eigenvalue weighted by Crippen LogP contribution is -2.05. The van der Waals surface area contributed by atoms with Crippen LogP contribution in [0.4, 0.5) is 0 Å². The molecule has 31 heavy (non-hydrogen) atoms. The average Bonchev–Trinajstić information content (AvgIpc) is 2.74. The van der Waals surface area contributed by atoms with Crippen molar-refractivity contribution >= 4 is 29.2 Å². The van der Waals surface area contributed by atoms with E-state index in [2.05, 4.69) is 0 Å². The maximum atomic E-state index is 11.2. The van der Waals surface area contributed by atoms with Crippen LogP contribution in [-0.2, 0) is 12.8 Å². The zero-order valence-corrected chi connectivity index (χ0v) is 19.5. The van der Waals surface area contributed by atoms with Gasteiger partial charge in [-0.15, -0.1) is 0 Å². The molecule has 0 spiro atoms. The first-order chi connectivity index (χ1) is 14.8. The van der Waals surface area contributed by atoms with Crippen molar-refractivity contribution in [3.63, 3.8) is 0 Å². The van der Waals surface area contributed by atoms with E-state index in [1.807, 2.05) is 6.92 Å². The van der Waals surface area contributed by atoms with Gasteiger partial charge in [0.05, 0.1) is 30.9 Å². The zero-order valence-electron chi connectivity index (χ0n) is 18.0. The Morgan fingerprint density at radius 1 is 1.00 bits per heavy atom. The Labute approximate surface area is 192 Å². The second-order valence-corrected chi connectivity index (χ2v) is 7.82. The monoisotopic (exact) mass is 470 g/mol. The minimum Gasteiger partial charge on any atom is -0.507 e. The van der Waals surface area contributed by atoms with Gasteiger partial charge in [0, 0.05) is 17.2 Å². The molecule has 0 aromatic heterocycles. The quantitative estimate of drug-likeness (QED) is 0.361. The number of phenols is 1. The van der Waals surface area contributed by atoms with Crippen molar-refractivity contribution in [1.29, 1.82) is 0 Å². The first-order valence-corrected chi connectivity index (χ1v) is 10.9. The first-order valence-electron chi connectivity index (χ1n) is 10.1. The number of hydrogen-bond donors (Lipinski definition) is 2. The smallest absolute Gasteiger partial charge is 0.339 e.